The third-order valence-corrected chi connectivity index (χ3v) is 4.92. The van der Waals surface area contributed by atoms with Crippen molar-refractivity contribution < 1.29 is 9.59 Å². The number of nitrogens with zero attached hydrogens (tertiary/aromatic N) is 4. The summed E-state index contributed by atoms with van der Waals surface area (Å²) in [4.78, 5) is 28.7. The third-order valence-electron chi connectivity index (χ3n) is 3.87. The molecule has 3 aromatic rings. The molecule has 0 radical (unpaired) electrons. The zero-order chi connectivity index (χ0) is 18.8. The number of anilines is 1. The van der Waals surface area contributed by atoms with Crippen LogP contribution in [0, 0.1) is 13.8 Å². The molecule has 26 heavy (non-hydrogen) atoms. The summed E-state index contributed by atoms with van der Waals surface area (Å²) in [6.07, 6.45) is 0. The lowest BCUT2D eigenvalue weighted by Gasteiger charge is -2.13. The molecule has 1 aromatic carbocycles. The van der Waals surface area contributed by atoms with Gasteiger partial charge in [0.2, 0.25) is 5.91 Å². The zero-order valence-corrected chi connectivity index (χ0v) is 15.8. The molecule has 0 saturated carbocycles. The Morgan fingerprint density at radius 3 is 2.65 bits per heavy atom. The highest BCUT2D eigenvalue weighted by Crippen LogP contribution is 2.25. The van der Waals surface area contributed by atoms with Crippen LogP contribution < -0.4 is 5.32 Å². The minimum Gasteiger partial charge on any atom is -0.324 e. The second-order valence-corrected chi connectivity index (χ2v) is 7.28. The van der Waals surface area contributed by atoms with E-state index in [-0.39, 0.29) is 11.7 Å². The van der Waals surface area contributed by atoms with Crippen molar-refractivity contribution in [2.24, 2.45) is 0 Å². The highest BCUT2D eigenvalue weighted by atomic mass is 32.2. The summed E-state index contributed by atoms with van der Waals surface area (Å²) in [5.74, 6) is 0.460. The molecule has 7 nitrogen and oxygen atoms in total. The van der Waals surface area contributed by atoms with Crippen LogP contribution in [0.1, 0.15) is 35.7 Å². The highest BCUT2D eigenvalue weighted by Gasteiger charge is 2.20. The van der Waals surface area contributed by atoms with Gasteiger partial charge in [-0.25, -0.2) is 4.98 Å². The lowest BCUT2D eigenvalue weighted by Crippen LogP contribution is -2.23. The van der Waals surface area contributed by atoms with Gasteiger partial charge in [-0.1, -0.05) is 23.9 Å². The maximum Gasteiger partial charge on any atom is 0.237 e. The Morgan fingerprint density at radius 1 is 1.19 bits per heavy atom. The highest BCUT2D eigenvalue weighted by molar-refractivity contribution is 8.00. The maximum atomic E-state index is 12.6. The maximum absolute atomic E-state index is 12.6. The number of aromatic nitrogens is 4. The number of hydrogen-bond donors (Lipinski definition) is 1. The summed E-state index contributed by atoms with van der Waals surface area (Å²) in [6, 6.07) is 8.81. The summed E-state index contributed by atoms with van der Waals surface area (Å²) in [5, 5.41) is 11.3. The summed E-state index contributed by atoms with van der Waals surface area (Å²) in [7, 11) is 0. The van der Waals surface area contributed by atoms with E-state index in [1.54, 1.807) is 31.2 Å². The minimum absolute atomic E-state index is 0.0956. The fourth-order valence-electron chi connectivity index (χ4n) is 2.62. The van der Waals surface area contributed by atoms with Gasteiger partial charge in [-0.15, -0.1) is 10.2 Å². The van der Waals surface area contributed by atoms with Crippen molar-refractivity contribution in [2.45, 2.75) is 38.1 Å². The van der Waals surface area contributed by atoms with Crippen molar-refractivity contribution in [2.75, 3.05) is 5.32 Å². The predicted molar refractivity (Wildman–Crippen MR) is 101 cm³/mol. The van der Waals surface area contributed by atoms with Gasteiger partial charge in [0.15, 0.2) is 16.6 Å². The zero-order valence-electron chi connectivity index (χ0n) is 15.0. The average molecular weight is 369 g/mol. The van der Waals surface area contributed by atoms with Crippen LogP contribution in [0.4, 0.5) is 5.69 Å². The molecule has 1 unspecified atom stereocenters. The summed E-state index contributed by atoms with van der Waals surface area (Å²) in [6.45, 7) is 7.04. The molecule has 0 aliphatic rings. The smallest absolute Gasteiger partial charge is 0.237 e. The van der Waals surface area contributed by atoms with Crippen LogP contribution >= 0.6 is 11.8 Å². The molecule has 3 rings (SSSR count). The van der Waals surface area contributed by atoms with E-state index in [1.165, 1.54) is 18.7 Å². The first-order chi connectivity index (χ1) is 12.4. The molecule has 1 N–H and O–H groups in total. The number of Topliss-reactive ketones (excluding diaryl/α,β-unsaturated/α-hetero) is 1. The topological polar surface area (TPSA) is 89.2 Å². The van der Waals surface area contributed by atoms with Gasteiger partial charge in [0, 0.05) is 17.3 Å². The number of nitrogens with one attached hydrogen (secondary N) is 1. The monoisotopic (exact) mass is 369 g/mol. The molecule has 134 valence electrons. The fraction of sp³-hybridized carbons (Fsp3) is 0.278. The van der Waals surface area contributed by atoms with Crippen LogP contribution in [0.3, 0.4) is 0 Å². The number of benzene rings is 1. The molecule has 0 spiro atoms. The summed E-state index contributed by atoms with van der Waals surface area (Å²) >= 11 is 1.29. The number of thioether (sulfide) groups is 1. The number of rotatable bonds is 5. The first kappa shape index (κ1) is 18.1. The molecule has 0 saturated heterocycles. The normalized spacial score (nSPS) is 12.2. The molecule has 8 heteroatoms. The van der Waals surface area contributed by atoms with Gasteiger partial charge < -0.3 is 5.32 Å². The SMILES string of the molecule is CC(=O)c1ccccc1NC(=O)C(C)Sc1nnc2cc(C)nc(C)n12. The van der Waals surface area contributed by atoms with Crippen molar-refractivity contribution in [3.63, 3.8) is 0 Å². The molecule has 1 atom stereocenters. The first-order valence-corrected chi connectivity index (χ1v) is 9.01. The van der Waals surface area contributed by atoms with E-state index >= 15 is 0 Å². The number of hydrogen-bond acceptors (Lipinski definition) is 6. The largest absolute Gasteiger partial charge is 0.324 e. The second kappa shape index (κ2) is 7.25. The molecule has 2 heterocycles. The van der Waals surface area contributed by atoms with Crippen molar-refractivity contribution in [1.82, 2.24) is 19.6 Å². The van der Waals surface area contributed by atoms with E-state index in [4.69, 9.17) is 0 Å². The predicted octanol–water partition coefficient (Wildman–Crippen LogP) is 3.06. The van der Waals surface area contributed by atoms with Gasteiger partial charge in [-0.05, 0) is 39.8 Å². The number of para-hydroxylation sites is 1. The molecule has 2 aromatic heterocycles. The standard InChI is InChI=1S/C18H19N5O2S/c1-10-9-16-21-22-18(23(16)13(4)19-10)26-12(3)17(25)20-15-8-6-5-7-14(15)11(2)24/h5-9,12H,1-4H3,(H,20,25). The van der Waals surface area contributed by atoms with Crippen LogP contribution in [0.25, 0.3) is 5.65 Å². The number of fused-ring (bicyclic) bond motifs is 1. The summed E-state index contributed by atoms with van der Waals surface area (Å²) < 4.78 is 1.82. The minimum atomic E-state index is -0.428. The van der Waals surface area contributed by atoms with E-state index in [2.05, 4.69) is 20.5 Å². The van der Waals surface area contributed by atoms with Gasteiger partial charge >= 0.3 is 0 Å². The van der Waals surface area contributed by atoms with E-state index in [0.717, 1.165) is 11.5 Å². The van der Waals surface area contributed by atoms with Crippen LogP contribution in [0.15, 0.2) is 35.5 Å². The lowest BCUT2D eigenvalue weighted by molar-refractivity contribution is -0.115. The molecular weight excluding hydrogens is 350 g/mol. The van der Waals surface area contributed by atoms with Gasteiger partial charge in [-0.2, -0.15) is 0 Å². The molecule has 0 aliphatic carbocycles. The molecular formula is C18H19N5O2S. The van der Waals surface area contributed by atoms with E-state index in [0.29, 0.717) is 22.1 Å². The fourth-order valence-corrected chi connectivity index (χ4v) is 3.53. The molecule has 0 aliphatic heterocycles. The number of aryl methyl sites for hydroxylation is 2. The van der Waals surface area contributed by atoms with Gasteiger partial charge in [0.1, 0.15) is 5.82 Å². The van der Waals surface area contributed by atoms with Crippen molar-refractivity contribution >= 4 is 34.8 Å². The molecule has 0 fully saturated rings. The Balaban J connectivity index is 1.80. The van der Waals surface area contributed by atoms with Crippen LogP contribution in [0.5, 0.6) is 0 Å². The Labute approximate surface area is 155 Å². The van der Waals surface area contributed by atoms with Crippen LogP contribution in [-0.2, 0) is 4.79 Å². The summed E-state index contributed by atoms with van der Waals surface area (Å²) in [5.41, 5.74) is 2.57. The van der Waals surface area contributed by atoms with Crippen LogP contribution in [-0.4, -0.2) is 36.5 Å². The number of amides is 1. The second-order valence-electron chi connectivity index (χ2n) is 5.97. The Morgan fingerprint density at radius 2 is 1.92 bits per heavy atom. The van der Waals surface area contributed by atoms with Gasteiger partial charge in [-0.3, -0.25) is 14.0 Å². The van der Waals surface area contributed by atoms with Crippen LogP contribution in [0.2, 0.25) is 0 Å². The van der Waals surface area contributed by atoms with Gasteiger partial charge in [0.05, 0.1) is 10.9 Å². The number of ketones is 1. The van der Waals surface area contributed by atoms with Gasteiger partial charge in [0.25, 0.3) is 0 Å². The van der Waals surface area contributed by atoms with E-state index < -0.39 is 5.25 Å². The quantitative estimate of drug-likeness (QED) is 0.549. The average Bonchev–Trinajstić information content (AvgIpc) is 2.97. The molecule has 1 amide bonds. The lowest BCUT2D eigenvalue weighted by atomic mass is 10.1. The Kier molecular flexibility index (Phi) is 5.03. The first-order valence-electron chi connectivity index (χ1n) is 8.13. The van der Waals surface area contributed by atoms with Crippen molar-refractivity contribution in [1.29, 1.82) is 0 Å². The third kappa shape index (κ3) is 3.60. The Bertz CT molecular complexity index is 998. The van der Waals surface area contributed by atoms with Crippen molar-refractivity contribution in [3.05, 3.63) is 47.4 Å². The number of carbonyl (C=O) groups is 2. The van der Waals surface area contributed by atoms with E-state index in [1.807, 2.05) is 24.3 Å². The number of carbonyl (C=O) groups excluding carboxylic acids is 2. The van der Waals surface area contributed by atoms with E-state index in [9.17, 15) is 9.59 Å². The molecule has 0 bridgehead atoms. The van der Waals surface area contributed by atoms with Crippen molar-refractivity contribution in [3.8, 4) is 0 Å². The Hall–Kier alpha value is -2.74.